The van der Waals surface area contributed by atoms with Gasteiger partial charge in [0.15, 0.2) is 0 Å². The molecule has 2 aromatic rings. The molecule has 2 amide bonds. The Kier molecular flexibility index (Phi) is 5.16. The molecule has 118 valence electrons. The van der Waals surface area contributed by atoms with Crippen LogP contribution in [0.25, 0.3) is 10.1 Å². The third kappa shape index (κ3) is 3.14. The Morgan fingerprint density at radius 1 is 1.27 bits per heavy atom. The molecule has 0 spiro atoms. The number of hydrogen-bond acceptors (Lipinski definition) is 4. The number of likely N-dealkylation sites (N-methyl/N-ethyl adjacent to an activating group) is 1. The van der Waals surface area contributed by atoms with Gasteiger partial charge in [0.1, 0.15) is 15.6 Å². The molecule has 1 N–H and O–H groups in total. The number of ether oxygens (including phenoxy) is 1. The first-order valence-electron chi connectivity index (χ1n) is 6.29. The largest absolute Gasteiger partial charge is 0.495 e. The van der Waals surface area contributed by atoms with Crippen LogP contribution in [0.3, 0.4) is 0 Å². The van der Waals surface area contributed by atoms with Crippen LogP contribution in [0, 0.1) is 0 Å². The maximum absolute atomic E-state index is 12.2. The fraction of sp³-hybridized carbons (Fsp3) is 0.286. The molecule has 1 aromatic heterocycles. The highest BCUT2D eigenvalue weighted by atomic mass is 35.5. The van der Waals surface area contributed by atoms with E-state index in [2.05, 4.69) is 5.32 Å². The van der Waals surface area contributed by atoms with Gasteiger partial charge >= 0.3 is 0 Å². The van der Waals surface area contributed by atoms with Crippen LogP contribution in [0.2, 0.25) is 10.0 Å². The zero-order valence-corrected chi connectivity index (χ0v) is 14.5. The summed E-state index contributed by atoms with van der Waals surface area (Å²) >= 11 is 13.7. The van der Waals surface area contributed by atoms with Gasteiger partial charge in [-0.1, -0.05) is 23.2 Å². The van der Waals surface area contributed by atoms with Crippen LogP contribution in [-0.2, 0) is 4.79 Å². The normalized spacial score (nSPS) is 10.6. The van der Waals surface area contributed by atoms with Crippen molar-refractivity contribution in [3.05, 3.63) is 27.1 Å². The molecule has 0 radical (unpaired) electrons. The molecule has 0 aliphatic carbocycles. The zero-order valence-electron chi connectivity index (χ0n) is 12.2. The molecular formula is C14H14Cl2N2O3S. The molecule has 1 aromatic carbocycles. The van der Waals surface area contributed by atoms with E-state index < -0.39 is 5.91 Å². The van der Waals surface area contributed by atoms with Crippen molar-refractivity contribution in [1.82, 2.24) is 10.2 Å². The smallest absolute Gasteiger partial charge is 0.263 e. The van der Waals surface area contributed by atoms with Crippen LogP contribution in [0.15, 0.2) is 12.1 Å². The van der Waals surface area contributed by atoms with E-state index in [1.165, 1.54) is 23.3 Å². The molecule has 5 nitrogen and oxygen atoms in total. The number of fused-ring (bicyclic) bond motifs is 1. The lowest BCUT2D eigenvalue weighted by atomic mass is 10.2. The number of nitrogens with zero attached hydrogens (tertiary/aromatic N) is 1. The van der Waals surface area contributed by atoms with Gasteiger partial charge < -0.3 is 15.0 Å². The van der Waals surface area contributed by atoms with E-state index in [1.54, 1.807) is 26.2 Å². The monoisotopic (exact) mass is 360 g/mol. The van der Waals surface area contributed by atoms with Crippen molar-refractivity contribution in [2.75, 3.05) is 27.7 Å². The highest BCUT2D eigenvalue weighted by Gasteiger charge is 2.20. The van der Waals surface area contributed by atoms with Crippen molar-refractivity contribution >= 4 is 56.4 Å². The van der Waals surface area contributed by atoms with E-state index in [0.717, 1.165) is 0 Å². The predicted octanol–water partition coefficient (Wildman–Crippen LogP) is 3.03. The highest BCUT2D eigenvalue weighted by Crippen LogP contribution is 2.42. The summed E-state index contributed by atoms with van der Waals surface area (Å²) in [7, 11) is 4.75. The number of carbonyl (C=O) groups is 2. The predicted molar refractivity (Wildman–Crippen MR) is 89.4 cm³/mol. The van der Waals surface area contributed by atoms with E-state index in [4.69, 9.17) is 27.9 Å². The highest BCUT2D eigenvalue weighted by molar-refractivity contribution is 7.22. The van der Waals surface area contributed by atoms with Crippen LogP contribution < -0.4 is 10.1 Å². The van der Waals surface area contributed by atoms with Gasteiger partial charge in [-0.25, -0.2) is 0 Å². The Morgan fingerprint density at radius 2 is 1.95 bits per heavy atom. The number of rotatable bonds is 4. The van der Waals surface area contributed by atoms with E-state index in [0.29, 0.717) is 30.8 Å². The van der Waals surface area contributed by atoms with Crippen molar-refractivity contribution in [3.63, 3.8) is 0 Å². The van der Waals surface area contributed by atoms with Crippen molar-refractivity contribution in [2.24, 2.45) is 0 Å². The molecule has 0 bridgehead atoms. The average molecular weight is 361 g/mol. The molecule has 1 heterocycles. The van der Waals surface area contributed by atoms with Crippen molar-refractivity contribution in [3.8, 4) is 5.75 Å². The number of hydrogen-bond donors (Lipinski definition) is 1. The molecule has 0 aliphatic rings. The molecule has 22 heavy (non-hydrogen) atoms. The van der Waals surface area contributed by atoms with Crippen molar-refractivity contribution < 1.29 is 14.3 Å². The van der Waals surface area contributed by atoms with Gasteiger partial charge in [-0.15, -0.1) is 11.3 Å². The summed E-state index contributed by atoms with van der Waals surface area (Å²) in [5.74, 6) is -0.0939. The topological polar surface area (TPSA) is 58.6 Å². The zero-order chi connectivity index (χ0) is 16.4. The second-order valence-corrected chi connectivity index (χ2v) is 6.45. The van der Waals surface area contributed by atoms with Gasteiger partial charge in [-0.05, 0) is 12.1 Å². The third-order valence-corrected chi connectivity index (χ3v) is 5.24. The Hall–Kier alpha value is -1.50. The minimum Gasteiger partial charge on any atom is -0.495 e. The molecule has 0 unspecified atom stereocenters. The standard InChI is InChI=1S/C14H14Cl2N2O3S/c1-18(2)9(19)6-17-14(20)13-10(15)7-4-5-8(21-3)11(16)12(7)22-13/h4-5H,6H2,1-3H3,(H,17,20). The maximum Gasteiger partial charge on any atom is 0.263 e. The molecule has 0 fully saturated rings. The molecule has 0 saturated carbocycles. The van der Waals surface area contributed by atoms with Crippen molar-refractivity contribution in [2.45, 2.75) is 0 Å². The molecule has 0 saturated heterocycles. The Labute approximate surface area is 141 Å². The van der Waals surface area contributed by atoms with Crippen LogP contribution in [-0.4, -0.2) is 44.5 Å². The molecule has 0 atom stereocenters. The fourth-order valence-corrected chi connectivity index (χ4v) is 3.59. The summed E-state index contributed by atoms with van der Waals surface area (Å²) in [6, 6.07) is 3.45. The van der Waals surface area contributed by atoms with Crippen LogP contribution in [0.1, 0.15) is 9.67 Å². The lowest BCUT2D eigenvalue weighted by Crippen LogP contribution is -2.36. The average Bonchev–Trinajstić information content (AvgIpc) is 2.83. The van der Waals surface area contributed by atoms with E-state index >= 15 is 0 Å². The summed E-state index contributed by atoms with van der Waals surface area (Å²) in [5.41, 5.74) is 0. The number of halogens is 2. The van der Waals surface area contributed by atoms with E-state index in [-0.39, 0.29) is 12.5 Å². The quantitative estimate of drug-likeness (QED) is 0.911. The van der Waals surface area contributed by atoms with Gasteiger partial charge in [0.25, 0.3) is 5.91 Å². The molecule has 2 rings (SSSR count). The van der Waals surface area contributed by atoms with Gasteiger partial charge in [0.2, 0.25) is 5.91 Å². The minimum atomic E-state index is -0.406. The SMILES string of the molecule is COc1ccc2c(Cl)c(C(=O)NCC(=O)N(C)C)sc2c1Cl. The number of nitrogens with one attached hydrogen (secondary N) is 1. The second-order valence-electron chi connectivity index (χ2n) is 4.67. The summed E-state index contributed by atoms with van der Waals surface area (Å²) in [5, 5.41) is 3.96. The van der Waals surface area contributed by atoms with Crippen molar-refractivity contribution in [1.29, 1.82) is 0 Å². The summed E-state index contributed by atoms with van der Waals surface area (Å²) < 4.78 is 5.82. The first-order chi connectivity index (χ1) is 10.4. The Balaban J connectivity index is 2.32. The Morgan fingerprint density at radius 3 is 2.55 bits per heavy atom. The number of benzene rings is 1. The lowest BCUT2D eigenvalue weighted by molar-refractivity contribution is -0.127. The minimum absolute atomic E-state index is 0.0898. The third-order valence-electron chi connectivity index (χ3n) is 3.03. The second kappa shape index (κ2) is 6.73. The lowest BCUT2D eigenvalue weighted by Gasteiger charge is -2.10. The fourth-order valence-electron chi connectivity index (χ4n) is 1.78. The van der Waals surface area contributed by atoms with E-state index in [1.807, 2.05) is 0 Å². The molecule has 8 heteroatoms. The van der Waals surface area contributed by atoms with E-state index in [9.17, 15) is 9.59 Å². The van der Waals surface area contributed by atoms with Gasteiger partial charge in [0.05, 0.1) is 23.4 Å². The first-order valence-corrected chi connectivity index (χ1v) is 7.87. The number of methoxy groups -OCH3 is 1. The first kappa shape index (κ1) is 16.9. The number of carbonyl (C=O) groups excluding carboxylic acids is 2. The number of amides is 2. The van der Waals surface area contributed by atoms with Gasteiger partial charge in [-0.3, -0.25) is 9.59 Å². The summed E-state index contributed by atoms with van der Waals surface area (Å²) in [6.45, 7) is -0.0898. The van der Waals surface area contributed by atoms with Crippen LogP contribution in [0.5, 0.6) is 5.75 Å². The van der Waals surface area contributed by atoms with Crippen LogP contribution >= 0.6 is 34.5 Å². The Bertz CT molecular complexity index is 743. The summed E-state index contributed by atoms with van der Waals surface area (Å²) in [4.78, 5) is 25.4. The summed E-state index contributed by atoms with van der Waals surface area (Å²) in [6.07, 6.45) is 0. The molecular weight excluding hydrogens is 347 g/mol. The van der Waals surface area contributed by atoms with Gasteiger partial charge in [0, 0.05) is 19.5 Å². The van der Waals surface area contributed by atoms with Crippen LogP contribution in [0.4, 0.5) is 0 Å². The number of thiophene rings is 1. The maximum atomic E-state index is 12.2. The van der Waals surface area contributed by atoms with Gasteiger partial charge in [-0.2, -0.15) is 0 Å². The molecule has 0 aliphatic heterocycles.